The van der Waals surface area contributed by atoms with Crippen molar-refractivity contribution in [2.45, 2.75) is 0 Å². The molecular formula is C10H6N4O. The van der Waals surface area contributed by atoms with Crippen LogP contribution in [0.2, 0.25) is 0 Å². The Labute approximate surface area is 84.8 Å². The van der Waals surface area contributed by atoms with E-state index in [1.165, 1.54) is 6.20 Å². The van der Waals surface area contributed by atoms with E-state index in [0.717, 1.165) is 16.6 Å². The lowest BCUT2D eigenvalue weighted by atomic mass is 10.2. The van der Waals surface area contributed by atoms with Crippen LogP contribution in [0.4, 0.5) is 0 Å². The molecule has 0 saturated heterocycles. The van der Waals surface area contributed by atoms with Crippen molar-refractivity contribution in [3.63, 3.8) is 0 Å². The largest absolute Gasteiger partial charge is 0.335 e. The first-order valence-corrected chi connectivity index (χ1v) is 4.42. The number of hydrogen-bond donors (Lipinski definition) is 0. The summed E-state index contributed by atoms with van der Waals surface area (Å²) in [6, 6.07) is 5.64. The summed E-state index contributed by atoms with van der Waals surface area (Å²) in [5.74, 6) is 0.564. The van der Waals surface area contributed by atoms with E-state index in [0.29, 0.717) is 5.76 Å². The average Bonchev–Trinajstić information content (AvgIpc) is 2.82. The molecule has 15 heavy (non-hydrogen) atoms. The minimum Gasteiger partial charge on any atom is -0.335 e. The highest BCUT2D eigenvalue weighted by Gasteiger charge is 2.04. The van der Waals surface area contributed by atoms with Crippen molar-refractivity contribution < 1.29 is 4.52 Å². The van der Waals surface area contributed by atoms with E-state index in [2.05, 4.69) is 20.3 Å². The van der Waals surface area contributed by atoms with Crippen LogP contribution in [0.15, 0.2) is 41.3 Å². The zero-order valence-electron chi connectivity index (χ0n) is 7.66. The van der Waals surface area contributed by atoms with E-state index in [1.54, 1.807) is 12.4 Å². The maximum atomic E-state index is 4.93. The average molecular weight is 198 g/mol. The molecule has 0 aromatic carbocycles. The minimum atomic E-state index is 0.564. The van der Waals surface area contributed by atoms with Crippen molar-refractivity contribution in [1.29, 1.82) is 0 Å². The maximum Gasteiger partial charge on any atom is 0.205 e. The van der Waals surface area contributed by atoms with Gasteiger partial charge in [0.2, 0.25) is 5.76 Å². The van der Waals surface area contributed by atoms with Crippen LogP contribution in [0.5, 0.6) is 0 Å². The Balaban J connectivity index is 2.22. The second kappa shape index (κ2) is 3.13. The summed E-state index contributed by atoms with van der Waals surface area (Å²) in [6.45, 7) is 0. The molecular weight excluding hydrogens is 192 g/mol. The summed E-state index contributed by atoms with van der Waals surface area (Å²) >= 11 is 0. The number of pyridine rings is 2. The van der Waals surface area contributed by atoms with Gasteiger partial charge in [-0.3, -0.25) is 4.98 Å². The second-order valence-electron chi connectivity index (χ2n) is 3.05. The fraction of sp³-hybridized carbons (Fsp3) is 0. The smallest absolute Gasteiger partial charge is 0.205 e. The fourth-order valence-electron chi connectivity index (χ4n) is 1.38. The summed E-state index contributed by atoms with van der Waals surface area (Å²) < 4.78 is 4.93. The van der Waals surface area contributed by atoms with Crippen molar-refractivity contribution in [3.8, 4) is 11.5 Å². The molecule has 0 aliphatic rings. The third kappa shape index (κ3) is 1.34. The van der Waals surface area contributed by atoms with Gasteiger partial charge in [0, 0.05) is 23.1 Å². The van der Waals surface area contributed by atoms with Gasteiger partial charge in [0.1, 0.15) is 11.9 Å². The van der Waals surface area contributed by atoms with Crippen LogP contribution in [0, 0.1) is 0 Å². The van der Waals surface area contributed by atoms with Crippen LogP contribution < -0.4 is 0 Å². The zero-order chi connectivity index (χ0) is 10.1. The standard InChI is InChI=1S/C10H6N4O/c1-2-9(10-6-12-14-15-10)13-8-3-4-11-5-7(1)8/h1-6H. The molecule has 5 nitrogen and oxygen atoms in total. The Morgan fingerprint density at radius 1 is 1.07 bits per heavy atom. The van der Waals surface area contributed by atoms with Gasteiger partial charge < -0.3 is 4.52 Å². The Kier molecular flexibility index (Phi) is 1.68. The highest BCUT2D eigenvalue weighted by Crippen LogP contribution is 2.18. The van der Waals surface area contributed by atoms with Crippen LogP contribution in [0.25, 0.3) is 22.4 Å². The number of hydrogen-bond acceptors (Lipinski definition) is 5. The van der Waals surface area contributed by atoms with Gasteiger partial charge in [0.05, 0.1) is 5.52 Å². The van der Waals surface area contributed by atoms with Gasteiger partial charge in [-0.2, -0.15) is 0 Å². The lowest BCUT2D eigenvalue weighted by Crippen LogP contribution is -1.84. The second-order valence-corrected chi connectivity index (χ2v) is 3.05. The molecule has 3 heterocycles. The molecule has 0 radical (unpaired) electrons. The molecule has 72 valence electrons. The number of aromatic nitrogens is 4. The molecule has 3 rings (SSSR count). The Hall–Kier alpha value is -2.30. The predicted octanol–water partition coefficient (Wildman–Crippen LogP) is 1.68. The SMILES string of the molecule is c1cc2nc(-c3cnno3)ccc2cn1. The molecule has 0 fully saturated rings. The van der Waals surface area contributed by atoms with Crippen LogP contribution >= 0.6 is 0 Å². The van der Waals surface area contributed by atoms with Crippen LogP contribution in [0.3, 0.4) is 0 Å². The number of fused-ring (bicyclic) bond motifs is 1. The molecule has 0 atom stereocenters. The van der Waals surface area contributed by atoms with Crippen molar-refractivity contribution >= 4 is 10.9 Å². The van der Waals surface area contributed by atoms with E-state index >= 15 is 0 Å². The molecule has 3 aromatic rings. The first kappa shape index (κ1) is 8.05. The summed E-state index contributed by atoms with van der Waals surface area (Å²) in [7, 11) is 0. The molecule has 0 bridgehead atoms. The Morgan fingerprint density at radius 3 is 2.93 bits per heavy atom. The fourth-order valence-corrected chi connectivity index (χ4v) is 1.38. The molecule has 0 amide bonds. The lowest BCUT2D eigenvalue weighted by Gasteiger charge is -1.97. The maximum absolute atomic E-state index is 4.93. The zero-order valence-corrected chi connectivity index (χ0v) is 7.66. The first-order chi connectivity index (χ1) is 7.43. The molecule has 0 aliphatic carbocycles. The van der Waals surface area contributed by atoms with Gasteiger partial charge in [0.15, 0.2) is 0 Å². The monoisotopic (exact) mass is 198 g/mol. The molecule has 0 spiro atoms. The quantitative estimate of drug-likeness (QED) is 0.595. The van der Waals surface area contributed by atoms with Gasteiger partial charge in [-0.25, -0.2) is 4.98 Å². The van der Waals surface area contributed by atoms with Gasteiger partial charge in [-0.1, -0.05) is 0 Å². The number of nitrogens with zero attached hydrogens (tertiary/aromatic N) is 4. The first-order valence-electron chi connectivity index (χ1n) is 4.42. The predicted molar refractivity (Wildman–Crippen MR) is 52.8 cm³/mol. The minimum absolute atomic E-state index is 0.564. The van der Waals surface area contributed by atoms with Crippen LogP contribution in [-0.4, -0.2) is 20.3 Å². The van der Waals surface area contributed by atoms with Gasteiger partial charge in [-0.15, -0.1) is 5.10 Å². The Morgan fingerprint density at radius 2 is 2.07 bits per heavy atom. The summed E-state index contributed by atoms with van der Waals surface area (Å²) in [5.41, 5.74) is 1.60. The number of rotatable bonds is 1. The third-order valence-corrected chi connectivity index (χ3v) is 2.10. The summed E-state index contributed by atoms with van der Waals surface area (Å²) in [6.07, 6.45) is 5.01. The van der Waals surface area contributed by atoms with Gasteiger partial charge in [0.25, 0.3) is 0 Å². The van der Waals surface area contributed by atoms with E-state index in [9.17, 15) is 0 Å². The van der Waals surface area contributed by atoms with Crippen molar-refractivity contribution in [1.82, 2.24) is 20.3 Å². The lowest BCUT2D eigenvalue weighted by molar-refractivity contribution is 0.403. The van der Waals surface area contributed by atoms with Gasteiger partial charge >= 0.3 is 0 Å². The van der Waals surface area contributed by atoms with Crippen molar-refractivity contribution in [2.75, 3.05) is 0 Å². The molecule has 3 aromatic heterocycles. The molecule has 0 aliphatic heterocycles. The summed E-state index contributed by atoms with van der Waals surface area (Å²) in [4.78, 5) is 8.42. The van der Waals surface area contributed by atoms with Crippen molar-refractivity contribution in [2.24, 2.45) is 0 Å². The van der Waals surface area contributed by atoms with E-state index in [1.807, 2.05) is 18.2 Å². The van der Waals surface area contributed by atoms with Gasteiger partial charge in [-0.05, 0) is 18.2 Å². The molecule has 5 heteroatoms. The molecule has 0 N–H and O–H groups in total. The third-order valence-electron chi connectivity index (χ3n) is 2.10. The highest BCUT2D eigenvalue weighted by molar-refractivity contribution is 5.79. The highest BCUT2D eigenvalue weighted by atomic mass is 16.5. The normalized spacial score (nSPS) is 10.7. The molecule has 0 saturated carbocycles. The topological polar surface area (TPSA) is 64.7 Å². The Bertz CT molecular complexity index is 591. The van der Waals surface area contributed by atoms with E-state index < -0.39 is 0 Å². The molecule has 0 unspecified atom stereocenters. The summed E-state index contributed by atoms with van der Waals surface area (Å²) in [5, 5.41) is 8.01. The van der Waals surface area contributed by atoms with Crippen LogP contribution in [-0.2, 0) is 0 Å². The van der Waals surface area contributed by atoms with E-state index in [-0.39, 0.29) is 0 Å². The van der Waals surface area contributed by atoms with E-state index in [4.69, 9.17) is 4.52 Å². The van der Waals surface area contributed by atoms with Crippen LogP contribution in [0.1, 0.15) is 0 Å². The van der Waals surface area contributed by atoms with Crippen molar-refractivity contribution in [3.05, 3.63) is 36.8 Å².